The summed E-state index contributed by atoms with van der Waals surface area (Å²) in [6, 6.07) is 7.06. The highest BCUT2D eigenvalue weighted by Crippen LogP contribution is 2.25. The highest BCUT2D eigenvalue weighted by molar-refractivity contribution is 7.89. The monoisotopic (exact) mass is 286 g/mol. The third kappa shape index (κ3) is 4.49. The second-order valence-corrected chi connectivity index (χ2v) is 6.87. The maximum absolute atomic E-state index is 11.6. The molecule has 0 spiro atoms. The summed E-state index contributed by atoms with van der Waals surface area (Å²) in [5, 5.41) is 13.0. The molecule has 2 N–H and O–H groups in total. The predicted octanol–water partition coefficient (Wildman–Crippen LogP) is 1.32. The van der Waals surface area contributed by atoms with E-state index in [1.807, 2.05) is 19.1 Å². The largest absolute Gasteiger partial charge is 0.508 e. The first kappa shape index (κ1) is 15.9. The van der Waals surface area contributed by atoms with E-state index in [0.29, 0.717) is 6.54 Å². The van der Waals surface area contributed by atoms with Crippen molar-refractivity contribution >= 4 is 10.0 Å². The Kier molecular flexibility index (Phi) is 5.78. The summed E-state index contributed by atoms with van der Waals surface area (Å²) in [5.74, 6) is 0.279. The Bertz CT molecular complexity index is 500. The smallest absolute Gasteiger partial charge is 0.214 e. The van der Waals surface area contributed by atoms with E-state index in [-0.39, 0.29) is 17.5 Å². The molecular formula is C13H22N2O3S. The number of sulfonamides is 1. The fourth-order valence-electron chi connectivity index (χ4n) is 1.80. The molecular weight excluding hydrogens is 264 g/mol. The van der Waals surface area contributed by atoms with Crippen LogP contribution in [-0.4, -0.2) is 44.2 Å². The van der Waals surface area contributed by atoms with Crippen molar-refractivity contribution in [3.63, 3.8) is 0 Å². The zero-order chi connectivity index (χ0) is 14.5. The summed E-state index contributed by atoms with van der Waals surface area (Å²) in [4.78, 5) is 0. The SMILES string of the molecule is CCC(NCCS(=O)(=O)N(C)C)c1ccccc1O. The van der Waals surface area contributed by atoms with E-state index < -0.39 is 10.0 Å². The number of phenolic OH excluding ortho intramolecular Hbond substituents is 1. The first-order valence-electron chi connectivity index (χ1n) is 6.30. The minimum absolute atomic E-state index is 0.0430. The molecule has 1 rings (SSSR count). The molecule has 108 valence electrons. The van der Waals surface area contributed by atoms with Crippen LogP contribution in [0.4, 0.5) is 0 Å². The Labute approximate surface area is 115 Å². The van der Waals surface area contributed by atoms with E-state index in [4.69, 9.17) is 0 Å². The van der Waals surface area contributed by atoms with Crippen LogP contribution < -0.4 is 5.32 Å². The Hall–Kier alpha value is -1.11. The molecule has 1 aromatic carbocycles. The summed E-state index contributed by atoms with van der Waals surface area (Å²) < 4.78 is 24.5. The zero-order valence-electron chi connectivity index (χ0n) is 11.6. The van der Waals surface area contributed by atoms with E-state index in [9.17, 15) is 13.5 Å². The van der Waals surface area contributed by atoms with Gasteiger partial charge in [-0.1, -0.05) is 25.1 Å². The number of para-hydroxylation sites is 1. The molecule has 0 amide bonds. The van der Waals surface area contributed by atoms with Gasteiger partial charge < -0.3 is 10.4 Å². The minimum atomic E-state index is -3.19. The summed E-state index contributed by atoms with van der Waals surface area (Å²) in [6.07, 6.45) is 0.777. The van der Waals surface area contributed by atoms with E-state index in [0.717, 1.165) is 12.0 Å². The van der Waals surface area contributed by atoms with Crippen molar-refractivity contribution < 1.29 is 13.5 Å². The average molecular weight is 286 g/mol. The van der Waals surface area contributed by atoms with Crippen LogP contribution in [-0.2, 0) is 10.0 Å². The van der Waals surface area contributed by atoms with Gasteiger partial charge in [0.1, 0.15) is 5.75 Å². The topological polar surface area (TPSA) is 69.6 Å². The Balaban J connectivity index is 2.63. The van der Waals surface area contributed by atoms with Gasteiger partial charge in [-0.05, 0) is 12.5 Å². The highest BCUT2D eigenvalue weighted by Gasteiger charge is 2.16. The Morgan fingerprint density at radius 2 is 1.95 bits per heavy atom. The van der Waals surface area contributed by atoms with Gasteiger partial charge in [-0.2, -0.15) is 0 Å². The van der Waals surface area contributed by atoms with E-state index >= 15 is 0 Å². The number of hydrogen-bond donors (Lipinski definition) is 2. The van der Waals surface area contributed by atoms with Crippen LogP contribution in [0, 0.1) is 0 Å². The summed E-state index contributed by atoms with van der Waals surface area (Å²) >= 11 is 0. The zero-order valence-corrected chi connectivity index (χ0v) is 12.4. The third-order valence-corrected chi connectivity index (χ3v) is 4.86. The van der Waals surface area contributed by atoms with Gasteiger partial charge in [0.2, 0.25) is 10.0 Å². The second-order valence-electron chi connectivity index (χ2n) is 4.57. The predicted molar refractivity (Wildman–Crippen MR) is 76.6 cm³/mol. The fourth-order valence-corrected chi connectivity index (χ4v) is 2.54. The molecule has 0 fully saturated rings. The van der Waals surface area contributed by atoms with Gasteiger partial charge in [-0.25, -0.2) is 12.7 Å². The number of nitrogens with zero attached hydrogens (tertiary/aromatic N) is 1. The van der Waals surface area contributed by atoms with Gasteiger partial charge in [0, 0.05) is 32.2 Å². The number of phenols is 1. The van der Waals surface area contributed by atoms with Crippen molar-refractivity contribution in [2.24, 2.45) is 0 Å². The van der Waals surface area contributed by atoms with E-state index in [2.05, 4.69) is 5.32 Å². The van der Waals surface area contributed by atoms with Gasteiger partial charge in [-0.15, -0.1) is 0 Å². The second kappa shape index (κ2) is 6.88. The van der Waals surface area contributed by atoms with E-state index in [1.165, 1.54) is 18.4 Å². The van der Waals surface area contributed by atoms with Crippen LogP contribution in [0.2, 0.25) is 0 Å². The van der Waals surface area contributed by atoms with Gasteiger partial charge >= 0.3 is 0 Å². The van der Waals surface area contributed by atoms with Crippen LogP contribution >= 0.6 is 0 Å². The molecule has 0 aliphatic heterocycles. The van der Waals surface area contributed by atoms with Crippen LogP contribution in [0.1, 0.15) is 24.9 Å². The number of nitrogens with one attached hydrogen (secondary N) is 1. The van der Waals surface area contributed by atoms with Crippen LogP contribution in [0.25, 0.3) is 0 Å². The summed E-state index contributed by atoms with van der Waals surface area (Å²) in [7, 11) is -0.139. The lowest BCUT2D eigenvalue weighted by Gasteiger charge is -2.19. The lowest BCUT2D eigenvalue weighted by atomic mass is 10.0. The molecule has 0 heterocycles. The molecule has 1 atom stereocenters. The van der Waals surface area contributed by atoms with Gasteiger partial charge in [0.15, 0.2) is 0 Å². The van der Waals surface area contributed by atoms with E-state index in [1.54, 1.807) is 12.1 Å². The first-order valence-corrected chi connectivity index (χ1v) is 7.91. The molecule has 19 heavy (non-hydrogen) atoms. The van der Waals surface area contributed by atoms with Crippen molar-refractivity contribution in [1.29, 1.82) is 0 Å². The molecule has 0 bridgehead atoms. The Morgan fingerprint density at radius 3 is 2.47 bits per heavy atom. The van der Waals surface area contributed by atoms with Crippen molar-refractivity contribution in [1.82, 2.24) is 9.62 Å². The number of rotatable bonds is 7. The third-order valence-electron chi connectivity index (χ3n) is 3.03. The molecule has 1 unspecified atom stereocenters. The van der Waals surface area contributed by atoms with Crippen LogP contribution in [0.15, 0.2) is 24.3 Å². The first-order chi connectivity index (χ1) is 8.88. The van der Waals surface area contributed by atoms with Crippen LogP contribution in [0.5, 0.6) is 5.75 Å². The number of hydrogen-bond acceptors (Lipinski definition) is 4. The lowest BCUT2D eigenvalue weighted by molar-refractivity contribution is 0.444. The number of benzene rings is 1. The van der Waals surface area contributed by atoms with Crippen molar-refractivity contribution in [3.05, 3.63) is 29.8 Å². The average Bonchev–Trinajstić information content (AvgIpc) is 2.35. The minimum Gasteiger partial charge on any atom is -0.508 e. The van der Waals surface area contributed by atoms with Crippen molar-refractivity contribution in [2.45, 2.75) is 19.4 Å². The molecule has 6 heteroatoms. The Morgan fingerprint density at radius 1 is 1.32 bits per heavy atom. The molecule has 0 radical (unpaired) electrons. The summed E-state index contributed by atoms with van der Waals surface area (Å²) in [5.41, 5.74) is 0.798. The molecule has 0 aliphatic rings. The number of aromatic hydroxyl groups is 1. The quantitative estimate of drug-likeness (QED) is 0.793. The summed E-state index contributed by atoms with van der Waals surface area (Å²) in [6.45, 7) is 2.35. The van der Waals surface area contributed by atoms with Gasteiger partial charge in [0.05, 0.1) is 5.75 Å². The molecule has 0 saturated heterocycles. The molecule has 0 aliphatic carbocycles. The lowest BCUT2D eigenvalue weighted by Crippen LogP contribution is -2.32. The molecule has 0 aromatic heterocycles. The maximum atomic E-state index is 11.6. The molecule has 1 aromatic rings. The van der Waals surface area contributed by atoms with Crippen molar-refractivity contribution in [3.8, 4) is 5.75 Å². The normalized spacial score (nSPS) is 13.7. The molecule has 0 saturated carbocycles. The standard InChI is InChI=1S/C13H22N2O3S/c1-4-12(11-7-5-6-8-13(11)16)14-9-10-19(17,18)15(2)3/h5-8,12,14,16H,4,9-10H2,1-3H3. The van der Waals surface area contributed by atoms with Gasteiger partial charge in [-0.3, -0.25) is 0 Å². The van der Waals surface area contributed by atoms with Gasteiger partial charge in [0.25, 0.3) is 0 Å². The highest BCUT2D eigenvalue weighted by atomic mass is 32.2. The fraction of sp³-hybridized carbons (Fsp3) is 0.538. The maximum Gasteiger partial charge on any atom is 0.214 e. The molecule has 5 nitrogen and oxygen atoms in total. The van der Waals surface area contributed by atoms with Crippen molar-refractivity contribution in [2.75, 3.05) is 26.4 Å². The van der Waals surface area contributed by atoms with Crippen LogP contribution in [0.3, 0.4) is 0 Å².